The molecular formula is C12H15ClN2O2. The van der Waals surface area contributed by atoms with Crippen molar-refractivity contribution in [2.45, 2.75) is 32.6 Å². The lowest BCUT2D eigenvalue weighted by atomic mass is 10.3. The molecule has 0 saturated carbocycles. The van der Waals surface area contributed by atoms with E-state index >= 15 is 0 Å². The third-order valence-electron chi connectivity index (χ3n) is 2.56. The third kappa shape index (κ3) is 2.44. The normalized spacial score (nSPS) is 15.1. The maximum atomic E-state index is 9.69. The first-order chi connectivity index (χ1) is 7.99. The van der Waals surface area contributed by atoms with Crippen molar-refractivity contribution in [3.63, 3.8) is 0 Å². The van der Waals surface area contributed by atoms with Crippen molar-refractivity contribution in [3.8, 4) is 0 Å². The highest BCUT2D eigenvalue weighted by Gasteiger charge is 2.16. The number of hydrogen-bond acceptors (Lipinski definition) is 3. The Balaban J connectivity index is 2.64. The van der Waals surface area contributed by atoms with Crippen molar-refractivity contribution in [2.75, 3.05) is 0 Å². The van der Waals surface area contributed by atoms with E-state index in [1.807, 2.05) is 6.07 Å². The summed E-state index contributed by atoms with van der Waals surface area (Å²) in [6.45, 7) is 3.74. The Kier molecular flexibility index (Phi) is 3.38. The molecule has 0 aliphatic heterocycles. The smallest absolute Gasteiger partial charge is 0.138 e. The summed E-state index contributed by atoms with van der Waals surface area (Å²) < 4.78 is 1.80. The molecule has 4 nitrogen and oxygen atoms in total. The summed E-state index contributed by atoms with van der Waals surface area (Å²) in [4.78, 5) is 4.35. The minimum Gasteiger partial charge on any atom is -0.392 e. The standard InChI is InChI=1S/C12H15ClN2O2/c1-7(16)6-15-11-5-9(13)3-4-10(11)14-12(15)8(2)17/h3-5,7-8,16-17H,6H2,1-2H3. The van der Waals surface area contributed by atoms with E-state index in [2.05, 4.69) is 4.98 Å². The zero-order valence-corrected chi connectivity index (χ0v) is 10.5. The van der Waals surface area contributed by atoms with Crippen molar-refractivity contribution in [3.05, 3.63) is 29.0 Å². The van der Waals surface area contributed by atoms with Crippen LogP contribution in [-0.2, 0) is 6.54 Å². The molecule has 1 aromatic carbocycles. The largest absolute Gasteiger partial charge is 0.392 e. The van der Waals surface area contributed by atoms with Crippen LogP contribution in [0.4, 0.5) is 0 Å². The van der Waals surface area contributed by atoms with Crippen molar-refractivity contribution < 1.29 is 10.2 Å². The van der Waals surface area contributed by atoms with Crippen LogP contribution in [0.3, 0.4) is 0 Å². The van der Waals surface area contributed by atoms with Gasteiger partial charge in [-0.1, -0.05) is 11.6 Å². The number of nitrogens with zero attached hydrogens (tertiary/aromatic N) is 2. The lowest BCUT2D eigenvalue weighted by Gasteiger charge is -2.12. The molecule has 92 valence electrons. The Labute approximate surface area is 104 Å². The number of rotatable bonds is 3. The molecule has 5 heteroatoms. The zero-order valence-electron chi connectivity index (χ0n) is 9.76. The van der Waals surface area contributed by atoms with Gasteiger partial charge in [-0.05, 0) is 32.0 Å². The number of aliphatic hydroxyl groups excluding tert-OH is 2. The minimum absolute atomic E-state index is 0.386. The quantitative estimate of drug-likeness (QED) is 0.882. The van der Waals surface area contributed by atoms with Crippen LogP contribution < -0.4 is 0 Å². The molecular weight excluding hydrogens is 240 g/mol. The fraction of sp³-hybridized carbons (Fsp3) is 0.417. The van der Waals surface area contributed by atoms with Crippen LogP contribution in [-0.4, -0.2) is 25.9 Å². The van der Waals surface area contributed by atoms with Gasteiger partial charge in [0.15, 0.2) is 0 Å². The molecule has 0 fully saturated rings. The maximum Gasteiger partial charge on any atom is 0.138 e. The van der Waals surface area contributed by atoms with Crippen molar-refractivity contribution in [2.24, 2.45) is 0 Å². The van der Waals surface area contributed by atoms with Crippen LogP contribution in [0.1, 0.15) is 25.8 Å². The molecule has 0 saturated heterocycles. The maximum absolute atomic E-state index is 9.69. The first-order valence-electron chi connectivity index (χ1n) is 5.51. The topological polar surface area (TPSA) is 58.3 Å². The van der Waals surface area contributed by atoms with Gasteiger partial charge in [0.25, 0.3) is 0 Å². The molecule has 0 aliphatic carbocycles. The van der Waals surface area contributed by atoms with Crippen molar-refractivity contribution >= 4 is 22.6 Å². The van der Waals surface area contributed by atoms with Crippen LogP contribution >= 0.6 is 11.6 Å². The second-order valence-corrected chi connectivity index (χ2v) is 4.68. The molecule has 1 heterocycles. The van der Waals surface area contributed by atoms with Crippen LogP contribution in [0, 0.1) is 0 Å². The van der Waals surface area contributed by atoms with Crippen molar-refractivity contribution in [1.82, 2.24) is 9.55 Å². The van der Waals surface area contributed by atoms with E-state index in [4.69, 9.17) is 11.6 Å². The first kappa shape index (κ1) is 12.4. The van der Waals surface area contributed by atoms with Gasteiger partial charge in [-0.15, -0.1) is 0 Å². The van der Waals surface area contributed by atoms with Gasteiger partial charge in [0.05, 0.1) is 23.7 Å². The molecule has 17 heavy (non-hydrogen) atoms. The van der Waals surface area contributed by atoms with Crippen LogP contribution in [0.5, 0.6) is 0 Å². The van der Waals surface area contributed by atoms with Crippen LogP contribution in [0.2, 0.25) is 5.02 Å². The number of halogens is 1. The van der Waals surface area contributed by atoms with E-state index in [0.717, 1.165) is 11.0 Å². The third-order valence-corrected chi connectivity index (χ3v) is 2.80. The molecule has 2 rings (SSSR count). The SMILES string of the molecule is CC(O)Cn1c(C(C)O)nc2ccc(Cl)cc21. The first-order valence-corrected chi connectivity index (χ1v) is 5.88. The average molecular weight is 255 g/mol. The monoisotopic (exact) mass is 254 g/mol. The number of fused-ring (bicyclic) bond motifs is 1. The van der Waals surface area contributed by atoms with Crippen LogP contribution in [0.15, 0.2) is 18.2 Å². The summed E-state index contributed by atoms with van der Waals surface area (Å²) in [6.07, 6.45) is -1.19. The van der Waals surface area contributed by atoms with Gasteiger partial charge in [-0.25, -0.2) is 4.98 Å². The van der Waals surface area contributed by atoms with E-state index < -0.39 is 12.2 Å². The van der Waals surface area contributed by atoms with Gasteiger partial charge >= 0.3 is 0 Å². The highest BCUT2D eigenvalue weighted by atomic mass is 35.5. The molecule has 2 unspecified atom stereocenters. The predicted molar refractivity (Wildman–Crippen MR) is 67.1 cm³/mol. The summed E-state index contributed by atoms with van der Waals surface area (Å²) in [6, 6.07) is 5.36. The van der Waals surface area contributed by atoms with Gasteiger partial charge in [-0.2, -0.15) is 0 Å². The second-order valence-electron chi connectivity index (χ2n) is 4.24. The van der Waals surface area contributed by atoms with E-state index in [0.29, 0.717) is 17.4 Å². The highest BCUT2D eigenvalue weighted by Crippen LogP contribution is 2.24. The summed E-state index contributed by atoms with van der Waals surface area (Å²) in [5, 5.41) is 19.8. The van der Waals surface area contributed by atoms with E-state index in [1.54, 1.807) is 30.5 Å². The predicted octanol–water partition coefficient (Wildman–Crippen LogP) is 2.12. The van der Waals surface area contributed by atoms with Gasteiger partial charge in [0, 0.05) is 5.02 Å². The summed E-state index contributed by atoms with van der Waals surface area (Å²) >= 11 is 5.95. The second kappa shape index (κ2) is 4.64. The van der Waals surface area contributed by atoms with Gasteiger partial charge in [0.2, 0.25) is 0 Å². The molecule has 0 amide bonds. The number of aromatic nitrogens is 2. The molecule has 1 aromatic heterocycles. The van der Waals surface area contributed by atoms with Crippen molar-refractivity contribution in [1.29, 1.82) is 0 Å². The Morgan fingerprint density at radius 1 is 1.35 bits per heavy atom. The lowest BCUT2D eigenvalue weighted by molar-refractivity contribution is 0.156. The van der Waals surface area contributed by atoms with E-state index in [-0.39, 0.29) is 0 Å². The number of hydrogen-bond donors (Lipinski definition) is 2. The van der Waals surface area contributed by atoms with Gasteiger partial charge in [0.1, 0.15) is 11.9 Å². The molecule has 0 bridgehead atoms. The van der Waals surface area contributed by atoms with E-state index in [9.17, 15) is 10.2 Å². The van der Waals surface area contributed by atoms with Gasteiger partial charge < -0.3 is 14.8 Å². The Morgan fingerprint density at radius 2 is 2.06 bits per heavy atom. The number of benzene rings is 1. The fourth-order valence-corrected chi connectivity index (χ4v) is 2.06. The summed E-state index contributed by atoms with van der Waals surface area (Å²) in [5.41, 5.74) is 1.60. The molecule has 0 aliphatic rings. The summed E-state index contributed by atoms with van der Waals surface area (Å²) in [5.74, 6) is 0.545. The fourth-order valence-electron chi connectivity index (χ4n) is 1.89. The molecule has 0 spiro atoms. The van der Waals surface area contributed by atoms with Gasteiger partial charge in [-0.3, -0.25) is 0 Å². The van der Waals surface area contributed by atoms with E-state index in [1.165, 1.54) is 0 Å². The lowest BCUT2D eigenvalue weighted by Crippen LogP contribution is -2.15. The average Bonchev–Trinajstić information content (AvgIpc) is 2.56. The summed E-state index contributed by atoms with van der Waals surface area (Å²) in [7, 11) is 0. The minimum atomic E-state index is -0.681. The molecule has 0 radical (unpaired) electrons. The Bertz CT molecular complexity index is 535. The Morgan fingerprint density at radius 3 is 2.65 bits per heavy atom. The van der Waals surface area contributed by atoms with Crippen LogP contribution in [0.25, 0.3) is 11.0 Å². The Hall–Kier alpha value is -1.10. The number of aliphatic hydroxyl groups is 2. The molecule has 2 N–H and O–H groups in total. The zero-order chi connectivity index (χ0) is 12.6. The highest BCUT2D eigenvalue weighted by molar-refractivity contribution is 6.31. The molecule has 2 aromatic rings. The number of imidazole rings is 1. The molecule has 2 atom stereocenters.